The Kier molecular flexibility index (Phi) is 5.40. The predicted octanol–water partition coefficient (Wildman–Crippen LogP) is 4.47. The Balaban J connectivity index is 1.58. The van der Waals surface area contributed by atoms with E-state index in [0.717, 1.165) is 11.4 Å². The Morgan fingerprint density at radius 1 is 0.867 bits per heavy atom. The van der Waals surface area contributed by atoms with Gasteiger partial charge in [-0.3, -0.25) is 14.7 Å². The summed E-state index contributed by atoms with van der Waals surface area (Å²) in [6.45, 7) is 0. The monoisotopic (exact) mass is 392 g/mol. The topological polar surface area (TPSA) is 94.8 Å². The number of nitrogens with one attached hydrogen (secondary N) is 1. The van der Waals surface area contributed by atoms with Crippen molar-refractivity contribution in [2.24, 2.45) is 0 Å². The third kappa shape index (κ3) is 4.13. The number of rotatable bonds is 5. The molecule has 4 rings (SSSR count). The highest BCUT2D eigenvalue weighted by Crippen LogP contribution is 2.31. The molecule has 0 fully saturated rings. The molecule has 0 aliphatic carbocycles. The first-order valence-electron chi connectivity index (χ1n) is 9.13. The molecule has 1 N–H and O–H groups in total. The van der Waals surface area contributed by atoms with Crippen molar-refractivity contribution in [3.05, 3.63) is 103 Å². The Hall–Kier alpha value is -4.57. The maximum atomic E-state index is 12.4. The smallest absolute Gasteiger partial charge is 0.255 e. The van der Waals surface area contributed by atoms with Crippen molar-refractivity contribution in [1.82, 2.24) is 15.0 Å². The zero-order valence-electron chi connectivity index (χ0n) is 15.8. The summed E-state index contributed by atoms with van der Waals surface area (Å²) >= 11 is 0. The van der Waals surface area contributed by atoms with Crippen LogP contribution < -0.4 is 10.2 Å². The summed E-state index contributed by atoms with van der Waals surface area (Å²) in [5.41, 5.74) is 3.28. The number of hydrogen-bond acceptors (Lipinski definition) is 6. The number of carbonyl (C=O) groups is 1. The highest BCUT2D eigenvalue weighted by Gasteiger charge is 2.15. The van der Waals surface area contributed by atoms with Gasteiger partial charge in [0.2, 0.25) is 5.95 Å². The van der Waals surface area contributed by atoms with Crippen LogP contribution in [0.4, 0.5) is 23.0 Å². The van der Waals surface area contributed by atoms with Crippen LogP contribution in [-0.4, -0.2) is 20.9 Å². The van der Waals surface area contributed by atoms with E-state index in [1.165, 1.54) is 0 Å². The maximum Gasteiger partial charge on any atom is 0.255 e. The minimum Gasteiger partial charge on any atom is -0.322 e. The minimum atomic E-state index is -0.247. The van der Waals surface area contributed by atoms with Crippen LogP contribution in [0.2, 0.25) is 0 Å². The Bertz CT molecular complexity index is 1130. The number of carbonyl (C=O) groups excluding carboxylic acids is 1. The predicted molar refractivity (Wildman–Crippen MR) is 114 cm³/mol. The third-order valence-electron chi connectivity index (χ3n) is 4.32. The van der Waals surface area contributed by atoms with Crippen LogP contribution in [-0.2, 0) is 0 Å². The van der Waals surface area contributed by atoms with E-state index in [1.54, 1.807) is 55.1 Å². The SMILES string of the molecule is N#Cc1ccc(C(=O)Nc2ccc(N(c3cccnc3)c3ncccn3)cc2)cc1. The van der Waals surface area contributed by atoms with Crippen molar-refractivity contribution in [2.45, 2.75) is 0 Å². The van der Waals surface area contributed by atoms with Crippen molar-refractivity contribution in [2.75, 3.05) is 10.2 Å². The Morgan fingerprint density at radius 2 is 1.60 bits per heavy atom. The fourth-order valence-electron chi connectivity index (χ4n) is 2.87. The summed E-state index contributed by atoms with van der Waals surface area (Å²) in [6, 6.07) is 21.4. The van der Waals surface area contributed by atoms with Crippen LogP contribution in [0.15, 0.2) is 91.5 Å². The number of pyridine rings is 1. The molecule has 7 nitrogen and oxygen atoms in total. The zero-order valence-corrected chi connectivity index (χ0v) is 15.8. The van der Waals surface area contributed by atoms with Crippen LogP contribution in [0.3, 0.4) is 0 Å². The van der Waals surface area contributed by atoms with Gasteiger partial charge in [0.25, 0.3) is 5.91 Å². The van der Waals surface area contributed by atoms with Crippen LogP contribution in [0.25, 0.3) is 0 Å². The number of benzene rings is 2. The molecular formula is C23H16N6O. The first kappa shape index (κ1) is 18.8. The molecule has 2 heterocycles. The molecule has 0 atom stereocenters. The number of anilines is 4. The van der Waals surface area contributed by atoms with E-state index >= 15 is 0 Å². The van der Waals surface area contributed by atoms with Crippen molar-refractivity contribution < 1.29 is 4.79 Å². The molecule has 0 bridgehead atoms. The average Bonchev–Trinajstić information content (AvgIpc) is 2.82. The lowest BCUT2D eigenvalue weighted by Crippen LogP contribution is -2.14. The molecule has 0 radical (unpaired) electrons. The Morgan fingerprint density at radius 3 is 2.23 bits per heavy atom. The molecular weight excluding hydrogens is 376 g/mol. The van der Waals surface area contributed by atoms with E-state index in [1.807, 2.05) is 47.4 Å². The number of nitrogens with zero attached hydrogens (tertiary/aromatic N) is 5. The van der Waals surface area contributed by atoms with Crippen molar-refractivity contribution >= 4 is 28.9 Å². The van der Waals surface area contributed by atoms with Crippen LogP contribution in [0.1, 0.15) is 15.9 Å². The molecule has 0 aliphatic rings. The van der Waals surface area contributed by atoms with E-state index in [-0.39, 0.29) is 5.91 Å². The maximum absolute atomic E-state index is 12.4. The molecule has 0 saturated heterocycles. The van der Waals surface area contributed by atoms with Gasteiger partial charge in [0, 0.05) is 35.5 Å². The number of nitriles is 1. The van der Waals surface area contributed by atoms with E-state index in [4.69, 9.17) is 5.26 Å². The highest BCUT2D eigenvalue weighted by molar-refractivity contribution is 6.04. The molecule has 2 aromatic heterocycles. The molecule has 30 heavy (non-hydrogen) atoms. The van der Waals surface area contributed by atoms with Gasteiger partial charge < -0.3 is 5.32 Å². The van der Waals surface area contributed by atoms with E-state index < -0.39 is 0 Å². The lowest BCUT2D eigenvalue weighted by atomic mass is 10.1. The summed E-state index contributed by atoms with van der Waals surface area (Å²) in [6.07, 6.45) is 6.79. The third-order valence-corrected chi connectivity index (χ3v) is 4.32. The van der Waals surface area contributed by atoms with Gasteiger partial charge in [0.05, 0.1) is 23.5 Å². The summed E-state index contributed by atoms with van der Waals surface area (Å²) in [7, 11) is 0. The second-order valence-corrected chi connectivity index (χ2v) is 6.29. The molecule has 4 aromatic rings. The van der Waals surface area contributed by atoms with Crippen molar-refractivity contribution in [1.29, 1.82) is 5.26 Å². The van der Waals surface area contributed by atoms with Gasteiger partial charge in [-0.25, -0.2) is 9.97 Å². The quantitative estimate of drug-likeness (QED) is 0.539. The van der Waals surface area contributed by atoms with Crippen molar-refractivity contribution in [3.63, 3.8) is 0 Å². The first-order chi connectivity index (χ1) is 14.7. The zero-order chi connectivity index (χ0) is 20.8. The van der Waals surface area contributed by atoms with Gasteiger partial charge in [-0.1, -0.05) is 0 Å². The summed E-state index contributed by atoms with van der Waals surface area (Å²) in [5.74, 6) is 0.266. The van der Waals surface area contributed by atoms with Gasteiger partial charge in [-0.15, -0.1) is 0 Å². The summed E-state index contributed by atoms with van der Waals surface area (Å²) in [4.78, 5) is 27.2. The fraction of sp³-hybridized carbons (Fsp3) is 0. The molecule has 144 valence electrons. The van der Waals surface area contributed by atoms with Crippen LogP contribution >= 0.6 is 0 Å². The minimum absolute atomic E-state index is 0.247. The molecule has 7 heteroatoms. The van der Waals surface area contributed by atoms with Crippen LogP contribution in [0, 0.1) is 11.3 Å². The van der Waals surface area contributed by atoms with E-state index in [0.29, 0.717) is 22.8 Å². The van der Waals surface area contributed by atoms with Gasteiger partial charge in [0.1, 0.15) is 0 Å². The average molecular weight is 392 g/mol. The molecule has 2 aromatic carbocycles. The molecule has 0 saturated carbocycles. The largest absolute Gasteiger partial charge is 0.322 e. The molecule has 0 unspecified atom stereocenters. The van der Waals surface area contributed by atoms with Gasteiger partial charge in [-0.2, -0.15) is 5.26 Å². The normalized spacial score (nSPS) is 10.1. The number of aromatic nitrogens is 3. The number of amides is 1. The second kappa shape index (κ2) is 8.63. The standard InChI is InChI=1S/C23H16N6O/c24-15-17-4-6-18(7-5-17)22(30)28-19-8-10-20(11-9-19)29(21-3-1-12-25-16-21)23-26-13-2-14-27-23/h1-14,16H,(H,28,30). The van der Waals surface area contributed by atoms with Crippen LogP contribution in [0.5, 0.6) is 0 Å². The lowest BCUT2D eigenvalue weighted by Gasteiger charge is -2.22. The second-order valence-electron chi connectivity index (χ2n) is 6.29. The van der Waals surface area contributed by atoms with Crippen molar-refractivity contribution in [3.8, 4) is 6.07 Å². The Labute approximate surface area is 173 Å². The number of hydrogen-bond donors (Lipinski definition) is 1. The van der Waals surface area contributed by atoms with Gasteiger partial charge in [-0.05, 0) is 66.7 Å². The lowest BCUT2D eigenvalue weighted by molar-refractivity contribution is 0.102. The van der Waals surface area contributed by atoms with E-state index in [9.17, 15) is 4.79 Å². The molecule has 1 amide bonds. The molecule has 0 spiro atoms. The first-order valence-corrected chi connectivity index (χ1v) is 9.13. The summed E-state index contributed by atoms with van der Waals surface area (Å²) < 4.78 is 0. The van der Waals surface area contributed by atoms with E-state index in [2.05, 4.69) is 20.3 Å². The molecule has 0 aliphatic heterocycles. The summed E-state index contributed by atoms with van der Waals surface area (Å²) in [5, 5.41) is 11.7. The van der Waals surface area contributed by atoms with Gasteiger partial charge >= 0.3 is 0 Å². The highest BCUT2D eigenvalue weighted by atomic mass is 16.1. The van der Waals surface area contributed by atoms with Gasteiger partial charge in [0.15, 0.2) is 0 Å². The fourth-order valence-corrected chi connectivity index (χ4v) is 2.87.